The van der Waals surface area contributed by atoms with E-state index in [1.165, 1.54) is 0 Å². The van der Waals surface area contributed by atoms with E-state index in [1.807, 2.05) is 78.9 Å². The van der Waals surface area contributed by atoms with Crippen LogP contribution in [-0.4, -0.2) is 30.8 Å². The van der Waals surface area contributed by atoms with Crippen LogP contribution in [0.4, 0.5) is 0 Å². The maximum absolute atomic E-state index is 10.5. The average molecular weight is 393 g/mol. The van der Waals surface area contributed by atoms with Gasteiger partial charge in [0.05, 0.1) is 6.54 Å². The Morgan fingerprint density at radius 2 is 1.24 bits per heavy atom. The molecule has 6 heteroatoms. The van der Waals surface area contributed by atoms with Gasteiger partial charge in [0.1, 0.15) is 36.2 Å². The van der Waals surface area contributed by atoms with E-state index in [0.29, 0.717) is 19.8 Å². The summed E-state index contributed by atoms with van der Waals surface area (Å²) >= 11 is 0. The van der Waals surface area contributed by atoms with Gasteiger partial charge in [-0.1, -0.05) is 30.3 Å². The molecule has 0 amide bonds. The summed E-state index contributed by atoms with van der Waals surface area (Å²) < 4.78 is 17.1. The smallest absolute Gasteiger partial charge is 0.317 e. The van der Waals surface area contributed by atoms with Crippen molar-refractivity contribution in [3.8, 4) is 23.0 Å². The molecule has 150 valence electrons. The van der Waals surface area contributed by atoms with E-state index in [-0.39, 0.29) is 6.54 Å². The van der Waals surface area contributed by atoms with Crippen molar-refractivity contribution in [2.45, 2.75) is 6.54 Å². The van der Waals surface area contributed by atoms with E-state index in [0.717, 1.165) is 28.6 Å². The lowest BCUT2D eigenvalue weighted by Gasteiger charge is -2.10. The molecule has 0 unspecified atom stereocenters. The largest absolute Gasteiger partial charge is 0.490 e. The number of aliphatic carboxylic acids is 1. The molecular weight excluding hydrogens is 370 g/mol. The number of carbonyl (C=O) groups is 1. The minimum Gasteiger partial charge on any atom is -0.490 e. The summed E-state index contributed by atoms with van der Waals surface area (Å²) in [7, 11) is 0. The number of benzene rings is 3. The van der Waals surface area contributed by atoms with E-state index in [9.17, 15) is 4.79 Å². The van der Waals surface area contributed by atoms with Gasteiger partial charge in [0, 0.05) is 6.54 Å². The second kappa shape index (κ2) is 10.7. The van der Waals surface area contributed by atoms with Gasteiger partial charge in [-0.3, -0.25) is 4.79 Å². The van der Waals surface area contributed by atoms with Gasteiger partial charge < -0.3 is 24.6 Å². The van der Waals surface area contributed by atoms with E-state index >= 15 is 0 Å². The minimum atomic E-state index is -0.872. The van der Waals surface area contributed by atoms with E-state index < -0.39 is 5.97 Å². The molecule has 29 heavy (non-hydrogen) atoms. The highest BCUT2D eigenvalue weighted by atomic mass is 16.5. The van der Waals surface area contributed by atoms with Crippen LogP contribution < -0.4 is 19.5 Å². The number of rotatable bonds is 11. The van der Waals surface area contributed by atoms with Gasteiger partial charge in [0.25, 0.3) is 0 Å². The second-order valence-corrected chi connectivity index (χ2v) is 6.22. The molecule has 0 atom stereocenters. The van der Waals surface area contributed by atoms with Crippen molar-refractivity contribution < 1.29 is 24.1 Å². The van der Waals surface area contributed by atoms with Crippen molar-refractivity contribution in [2.24, 2.45) is 0 Å². The fourth-order valence-electron chi connectivity index (χ4n) is 2.56. The van der Waals surface area contributed by atoms with Crippen LogP contribution in [0.5, 0.6) is 23.0 Å². The molecule has 6 nitrogen and oxygen atoms in total. The summed E-state index contributed by atoms with van der Waals surface area (Å²) in [5.41, 5.74) is 0.993. The van der Waals surface area contributed by atoms with E-state index in [1.54, 1.807) is 0 Å². The molecule has 0 aliphatic heterocycles. The number of hydrogen-bond acceptors (Lipinski definition) is 5. The van der Waals surface area contributed by atoms with Crippen LogP contribution >= 0.6 is 0 Å². The lowest BCUT2D eigenvalue weighted by Crippen LogP contribution is -2.21. The van der Waals surface area contributed by atoms with Crippen molar-refractivity contribution in [1.82, 2.24) is 5.32 Å². The summed E-state index contributed by atoms with van der Waals surface area (Å²) in [5, 5.41) is 11.5. The summed E-state index contributed by atoms with van der Waals surface area (Å²) in [6.07, 6.45) is 0. The summed E-state index contributed by atoms with van der Waals surface area (Å²) in [6, 6.07) is 24.6. The van der Waals surface area contributed by atoms with Gasteiger partial charge in [-0.2, -0.15) is 0 Å². The Bertz CT molecular complexity index is 879. The number of hydrogen-bond donors (Lipinski definition) is 2. The zero-order chi connectivity index (χ0) is 20.3. The molecule has 0 saturated carbocycles. The molecule has 0 saturated heterocycles. The lowest BCUT2D eigenvalue weighted by atomic mass is 10.2. The van der Waals surface area contributed by atoms with Crippen molar-refractivity contribution in [2.75, 3.05) is 19.8 Å². The Kier molecular flexibility index (Phi) is 7.48. The van der Waals surface area contributed by atoms with E-state index in [4.69, 9.17) is 19.3 Å². The zero-order valence-corrected chi connectivity index (χ0v) is 15.9. The Labute approximate surface area is 169 Å². The Morgan fingerprint density at radius 1 is 0.724 bits per heavy atom. The number of nitrogens with one attached hydrogen (secondary N) is 1. The van der Waals surface area contributed by atoms with Gasteiger partial charge in [-0.15, -0.1) is 0 Å². The van der Waals surface area contributed by atoms with Crippen LogP contribution in [-0.2, 0) is 11.3 Å². The monoisotopic (exact) mass is 393 g/mol. The molecule has 0 aliphatic rings. The predicted molar refractivity (Wildman–Crippen MR) is 110 cm³/mol. The van der Waals surface area contributed by atoms with Crippen molar-refractivity contribution in [1.29, 1.82) is 0 Å². The Balaban J connectivity index is 1.36. The van der Waals surface area contributed by atoms with Crippen LogP contribution in [0.3, 0.4) is 0 Å². The van der Waals surface area contributed by atoms with Crippen molar-refractivity contribution in [3.05, 3.63) is 84.4 Å². The maximum atomic E-state index is 10.5. The fraction of sp³-hybridized carbons (Fsp3) is 0.174. The molecule has 3 aromatic carbocycles. The van der Waals surface area contributed by atoms with Crippen LogP contribution in [0.1, 0.15) is 5.56 Å². The molecule has 3 aromatic rings. The van der Waals surface area contributed by atoms with Crippen molar-refractivity contribution in [3.63, 3.8) is 0 Å². The third kappa shape index (κ3) is 7.20. The summed E-state index contributed by atoms with van der Waals surface area (Å²) in [5.74, 6) is 2.15. The molecule has 2 N–H and O–H groups in total. The third-order valence-corrected chi connectivity index (χ3v) is 3.95. The number of para-hydroxylation sites is 1. The van der Waals surface area contributed by atoms with Crippen LogP contribution in [0, 0.1) is 0 Å². The lowest BCUT2D eigenvalue weighted by molar-refractivity contribution is -0.135. The summed E-state index contributed by atoms with van der Waals surface area (Å²) in [6.45, 7) is 1.27. The normalized spacial score (nSPS) is 10.3. The standard InChI is InChI=1S/C23H23NO5/c25-23(26)17-24-16-18-6-8-19(9-7-18)27-14-15-28-20-10-12-22(13-11-20)29-21-4-2-1-3-5-21/h1-13,24H,14-17H2,(H,25,26). The highest BCUT2D eigenvalue weighted by molar-refractivity contribution is 5.69. The number of carboxylic acid groups (broad SMARTS) is 1. The average Bonchev–Trinajstić information content (AvgIpc) is 2.74. The molecule has 0 fully saturated rings. The van der Waals surface area contributed by atoms with Gasteiger partial charge in [0.2, 0.25) is 0 Å². The number of carboxylic acids is 1. The van der Waals surface area contributed by atoms with Gasteiger partial charge in [-0.25, -0.2) is 0 Å². The number of ether oxygens (including phenoxy) is 3. The summed E-state index contributed by atoms with van der Waals surface area (Å²) in [4.78, 5) is 10.5. The third-order valence-electron chi connectivity index (χ3n) is 3.95. The molecule has 0 aliphatic carbocycles. The first-order chi connectivity index (χ1) is 14.2. The molecule has 0 aromatic heterocycles. The van der Waals surface area contributed by atoms with E-state index in [2.05, 4.69) is 5.32 Å². The maximum Gasteiger partial charge on any atom is 0.317 e. The Hall–Kier alpha value is -3.51. The van der Waals surface area contributed by atoms with Crippen LogP contribution in [0.2, 0.25) is 0 Å². The van der Waals surface area contributed by atoms with Crippen LogP contribution in [0.15, 0.2) is 78.9 Å². The van der Waals surface area contributed by atoms with Gasteiger partial charge in [0.15, 0.2) is 0 Å². The zero-order valence-electron chi connectivity index (χ0n) is 15.9. The van der Waals surface area contributed by atoms with Gasteiger partial charge in [-0.05, 0) is 54.1 Å². The van der Waals surface area contributed by atoms with Crippen LogP contribution in [0.25, 0.3) is 0 Å². The Morgan fingerprint density at radius 3 is 1.83 bits per heavy atom. The fourth-order valence-corrected chi connectivity index (χ4v) is 2.56. The molecule has 3 rings (SSSR count). The minimum absolute atomic E-state index is 0.0606. The molecule has 0 radical (unpaired) electrons. The predicted octanol–water partition coefficient (Wildman–Crippen LogP) is 4.11. The quantitative estimate of drug-likeness (QED) is 0.478. The molecule has 0 bridgehead atoms. The first kappa shape index (κ1) is 20.2. The molecular formula is C23H23NO5. The van der Waals surface area contributed by atoms with Gasteiger partial charge >= 0.3 is 5.97 Å². The second-order valence-electron chi connectivity index (χ2n) is 6.22. The van der Waals surface area contributed by atoms with Crippen molar-refractivity contribution >= 4 is 5.97 Å². The first-order valence-corrected chi connectivity index (χ1v) is 9.29. The topological polar surface area (TPSA) is 77.0 Å². The highest BCUT2D eigenvalue weighted by Crippen LogP contribution is 2.23. The molecule has 0 spiro atoms. The SMILES string of the molecule is O=C(O)CNCc1ccc(OCCOc2ccc(Oc3ccccc3)cc2)cc1. The molecule has 0 heterocycles. The first-order valence-electron chi connectivity index (χ1n) is 9.29. The highest BCUT2D eigenvalue weighted by Gasteiger charge is 2.00.